The topological polar surface area (TPSA) is 55.8 Å². The normalized spacial score (nSPS) is 19.8. The molecule has 25 heavy (non-hydrogen) atoms. The molecule has 0 amide bonds. The molecule has 0 spiro atoms. The number of hydrogen-bond donors (Lipinski definition) is 0. The largest absolute Gasteiger partial charge is 0.497 e. The van der Waals surface area contributed by atoms with Gasteiger partial charge in [0.2, 0.25) is 0 Å². The highest BCUT2D eigenvalue weighted by atomic mass is 35.5. The highest BCUT2D eigenvalue weighted by Gasteiger charge is 2.46. The second-order valence-electron chi connectivity index (χ2n) is 6.10. The Morgan fingerprint density at radius 1 is 1.24 bits per heavy atom. The Balaban J connectivity index is 2.29. The van der Waals surface area contributed by atoms with Gasteiger partial charge in [0.1, 0.15) is 11.3 Å². The molecule has 2 rings (SSSR count). The van der Waals surface area contributed by atoms with Crippen LogP contribution in [0.2, 0.25) is 0 Å². The van der Waals surface area contributed by atoms with E-state index >= 15 is 0 Å². The van der Waals surface area contributed by atoms with Crippen LogP contribution in [0.25, 0.3) is 0 Å². The smallest absolute Gasteiger partial charge is 0.332 e. The molecule has 1 atom stereocenters. The summed E-state index contributed by atoms with van der Waals surface area (Å²) in [6.07, 6.45) is 5.40. The molecule has 136 valence electrons. The van der Waals surface area contributed by atoms with Crippen LogP contribution in [0.3, 0.4) is 0 Å². The van der Waals surface area contributed by atoms with Gasteiger partial charge in [0.25, 0.3) is 0 Å². The van der Waals surface area contributed by atoms with Crippen LogP contribution in [-0.2, 0) is 20.9 Å². The van der Waals surface area contributed by atoms with E-state index in [0.29, 0.717) is 18.8 Å². The van der Waals surface area contributed by atoms with Gasteiger partial charge in [0, 0.05) is 25.0 Å². The minimum Gasteiger partial charge on any atom is -0.497 e. The van der Waals surface area contributed by atoms with Gasteiger partial charge < -0.3 is 14.4 Å². The van der Waals surface area contributed by atoms with Crippen molar-refractivity contribution in [2.75, 3.05) is 20.1 Å². The number of halogens is 1. The van der Waals surface area contributed by atoms with Gasteiger partial charge >= 0.3 is 5.97 Å². The van der Waals surface area contributed by atoms with Crippen molar-refractivity contribution in [3.63, 3.8) is 0 Å². The lowest BCUT2D eigenvalue weighted by atomic mass is 9.83. The molecule has 0 saturated carbocycles. The van der Waals surface area contributed by atoms with Gasteiger partial charge in [-0.05, 0) is 43.0 Å². The monoisotopic (exact) mass is 365 g/mol. The predicted molar refractivity (Wildman–Crippen MR) is 96.6 cm³/mol. The Labute approximate surface area is 153 Å². The van der Waals surface area contributed by atoms with E-state index in [4.69, 9.17) is 21.1 Å². The maximum atomic E-state index is 12.6. The Morgan fingerprint density at radius 3 is 2.56 bits per heavy atom. The van der Waals surface area contributed by atoms with Crippen molar-refractivity contribution in [2.24, 2.45) is 0 Å². The Hall–Kier alpha value is -2.01. The third kappa shape index (κ3) is 4.54. The first-order valence-corrected chi connectivity index (χ1v) is 8.84. The maximum Gasteiger partial charge on any atom is 0.332 e. The van der Waals surface area contributed by atoms with E-state index < -0.39 is 5.54 Å². The zero-order valence-electron chi connectivity index (χ0n) is 14.7. The summed E-state index contributed by atoms with van der Waals surface area (Å²) in [6.45, 7) is 0.504. The first-order chi connectivity index (χ1) is 12.1. The van der Waals surface area contributed by atoms with Gasteiger partial charge in [0.05, 0.1) is 14.2 Å². The minimum absolute atomic E-state index is 0.0674. The van der Waals surface area contributed by atoms with Crippen LogP contribution < -0.4 is 4.74 Å². The SMILES string of the molecule is COC(=O)C1(CCCCCl)CC(=O)C=CN1Cc1ccc(OC)cc1. The Morgan fingerprint density at radius 2 is 1.96 bits per heavy atom. The summed E-state index contributed by atoms with van der Waals surface area (Å²) in [4.78, 5) is 26.6. The quantitative estimate of drug-likeness (QED) is 0.402. The van der Waals surface area contributed by atoms with Crippen molar-refractivity contribution in [3.8, 4) is 5.75 Å². The lowest BCUT2D eigenvalue weighted by molar-refractivity contribution is -0.157. The molecule has 6 heteroatoms. The average Bonchev–Trinajstić information content (AvgIpc) is 2.64. The van der Waals surface area contributed by atoms with Crippen molar-refractivity contribution in [2.45, 2.75) is 37.8 Å². The van der Waals surface area contributed by atoms with Gasteiger partial charge in [0.15, 0.2) is 5.78 Å². The first kappa shape index (κ1) is 19.3. The molecule has 1 unspecified atom stereocenters. The number of carbonyl (C=O) groups excluding carboxylic acids is 2. The van der Waals surface area contributed by atoms with Crippen molar-refractivity contribution in [1.29, 1.82) is 0 Å². The standard InChI is InChI=1S/C19H24ClNO4/c1-24-17-7-5-15(6-8-17)14-21-12-9-16(22)13-19(21,18(23)25-2)10-3-4-11-20/h5-9,12H,3-4,10-11,13-14H2,1-2H3. The van der Waals surface area contributed by atoms with Crippen molar-refractivity contribution in [1.82, 2.24) is 4.90 Å². The fourth-order valence-electron chi connectivity index (χ4n) is 3.12. The van der Waals surface area contributed by atoms with E-state index in [1.54, 1.807) is 13.3 Å². The van der Waals surface area contributed by atoms with Crippen LogP contribution in [-0.4, -0.2) is 42.3 Å². The number of nitrogens with zero attached hydrogens (tertiary/aromatic N) is 1. The summed E-state index contributed by atoms with van der Waals surface area (Å²) in [6, 6.07) is 7.65. The number of ether oxygens (including phenoxy) is 2. The highest BCUT2D eigenvalue weighted by Crippen LogP contribution is 2.33. The van der Waals surface area contributed by atoms with E-state index in [0.717, 1.165) is 24.2 Å². The third-order valence-electron chi connectivity index (χ3n) is 4.51. The van der Waals surface area contributed by atoms with Crippen molar-refractivity contribution < 1.29 is 19.1 Å². The Bertz CT molecular complexity index is 629. The average molecular weight is 366 g/mol. The van der Waals surface area contributed by atoms with Gasteiger partial charge in [-0.25, -0.2) is 4.79 Å². The predicted octanol–water partition coefficient (Wildman–Crippen LogP) is 3.30. The minimum atomic E-state index is -0.980. The second kappa shape index (κ2) is 8.90. The van der Waals surface area contributed by atoms with Crippen LogP contribution in [0.1, 0.15) is 31.2 Å². The molecule has 0 saturated heterocycles. The lowest BCUT2D eigenvalue weighted by Gasteiger charge is -2.43. The second-order valence-corrected chi connectivity index (χ2v) is 6.48. The third-order valence-corrected chi connectivity index (χ3v) is 4.78. The van der Waals surface area contributed by atoms with Crippen molar-refractivity contribution in [3.05, 3.63) is 42.1 Å². The fraction of sp³-hybridized carbons (Fsp3) is 0.474. The summed E-state index contributed by atoms with van der Waals surface area (Å²) in [7, 11) is 2.98. The zero-order chi connectivity index (χ0) is 18.3. The molecule has 1 heterocycles. The zero-order valence-corrected chi connectivity index (χ0v) is 15.4. The number of ketones is 1. The highest BCUT2D eigenvalue weighted by molar-refractivity contribution is 6.17. The Kier molecular flexibility index (Phi) is 6.88. The number of allylic oxidation sites excluding steroid dienone is 1. The van der Waals surface area contributed by atoms with Gasteiger partial charge in [-0.2, -0.15) is 0 Å². The van der Waals surface area contributed by atoms with Gasteiger partial charge in [-0.1, -0.05) is 12.1 Å². The summed E-state index contributed by atoms with van der Waals surface area (Å²) >= 11 is 5.78. The summed E-state index contributed by atoms with van der Waals surface area (Å²) in [5.41, 5.74) is 0.0393. The van der Waals surface area contributed by atoms with Crippen LogP contribution in [0.15, 0.2) is 36.5 Å². The molecule has 0 aromatic heterocycles. The number of hydrogen-bond acceptors (Lipinski definition) is 5. The maximum absolute atomic E-state index is 12.6. The molecular formula is C19H24ClNO4. The number of benzene rings is 1. The van der Waals surface area contributed by atoms with Crippen molar-refractivity contribution >= 4 is 23.4 Å². The molecule has 0 fully saturated rings. The number of alkyl halides is 1. The molecule has 0 aliphatic carbocycles. The van der Waals surface area contributed by atoms with Crippen LogP contribution in [0.5, 0.6) is 5.75 Å². The summed E-state index contributed by atoms with van der Waals surface area (Å²) in [5, 5.41) is 0. The molecule has 0 bridgehead atoms. The number of esters is 1. The fourth-order valence-corrected chi connectivity index (χ4v) is 3.31. The molecule has 1 aromatic carbocycles. The number of rotatable bonds is 8. The molecule has 1 aliphatic heterocycles. The molecule has 1 aromatic rings. The molecule has 5 nitrogen and oxygen atoms in total. The van der Waals surface area contributed by atoms with Crippen LogP contribution in [0.4, 0.5) is 0 Å². The van der Waals surface area contributed by atoms with Crippen LogP contribution in [0, 0.1) is 0 Å². The van der Waals surface area contributed by atoms with Crippen LogP contribution >= 0.6 is 11.6 Å². The molecule has 0 N–H and O–H groups in total. The van der Waals surface area contributed by atoms with Gasteiger partial charge in [-0.15, -0.1) is 11.6 Å². The number of carbonyl (C=O) groups is 2. The first-order valence-electron chi connectivity index (χ1n) is 8.31. The molecule has 1 aliphatic rings. The summed E-state index contributed by atoms with van der Waals surface area (Å²) in [5.74, 6) is 0.851. The van der Waals surface area contributed by atoms with E-state index in [2.05, 4.69) is 0 Å². The van der Waals surface area contributed by atoms with E-state index in [1.807, 2.05) is 29.2 Å². The molecule has 0 radical (unpaired) electrons. The molecular weight excluding hydrogens is 342 g/mol. The lowest BCUT2D eigenvalue weighted by Crippen LogP contribution is -2.55. The number of methoxy groups -OCH3 is 2. The van der Waals surface area contributed by atoms with E-state index in [9.17, 15) is 9.59 Å². The summed E-state index contributed by atoms with van der Waals surface area (Å²) < 4.78 is 10.2. The number of unbranched alkanes of at least 4 members (excludes halogenated alkanes) is 1. The van der Waals surface area contributed by atoms with Gasteiger partial charge in [-0.3, -0.25) is 4.79 Å². The van der Waals surface area contributed by atoms with E-state index in [-0.39, 0.29) is 18.2 Å². The van der Waals surface area contributed by atoms with E-state index in [1.165, 1.54) is 13.2 Å².